The molecule has 0 spiro atoms. The van der Waals surface area contributed by atoms with E-state index in [0.717, 1.165) is 61.1 Å². The number of nitrogens with two attached hydrogens (primary N) is 1. The second-order valence-corrected chi connectivity index (χ2v) is 19.6. The van der Waals surface area contributed by atoms with Crippen LogP contribution in [0.25, 0.3) is 28.1 Å². The van der Waals surface area contributed by atoms with Crippen molar-refractivity contribution in [1.82, 2.24) is 44.3 Å². The highest BCUT2D eigenvalue weighted by atomic mass is 127. The summed E-state index contributed by atoms with van der Waals surface area (Å²) in [5, 5.41) is 14.0. The first-order chi connectivity index (χ1) is 42.1. The number of rotatable bonds is 15. The molecular weight excluding hydrogens is 1280 g/mol. The molecule has 5 heterocycles. The number of hydrogen-bond donors (Lipinski definition) is 8. The molecule has 26 heteroatoms. The number of carboxylic acids is 1. The summed E-state index contributed by atoms with van der Waals surface area (Å²) in [6.07, 6.45) is 11.0. The zero-order chi connectivity index (χ0) is 64.0. The number of pyridine rings is 3. The molecule has 10 aromatic rings. The van der Waals surface area contributed by atoms with E-state index in [1.165, 1.54) is 76.3 Å². The van der Waals surface area contributed by atoms with Crippen LogP contribution < -0.4 is 44.4 Å². The number of hydrogen-bond acceptors (Lipinski definition) is 9. The van der Waals surface area contributed by atoms with Crippen LogP contribution in [0, 0.1) is 38.5 Å². The average molecular weight is 1340 g/mol. The standard InChI is InChI=1S/C23H18F2N4O3.C16H14F2N2O2.C13H9F2NO3.C7H5IN2O.C3H7N.CH4/c24-17-7-5-15(11-18(17)25)13-29-10-2-4-16(22(29)31)21(30)26-9-1-3-14-6-8-19-20(12-14)28-23(32)27-19;1-2-7-19-15(21)12-4-3-8-20(16(12)22)10-11-5-6-13(17)14(18)9-11;14-10-4-3-8(6-11(10)15)7-16-5-1-2-9(12(16)17)13(18)19;8-4-1-2-5-6(3-4)10-7(11)9-5;1-2-3-4;/h1-8,10-12H,9,13H2,(H,26,30)(H2,27,28,32);2-6,8-9H,1,7,10H2,(H,19,21);1-6H,7H2,(H,18,19);1-3H,(H2,9,10,11);2H,1,3-4H2;1H4/b3-1+;;;;;. The molecule has 0 bridgehead atoms. The van der Waals surface area contributed by atoms with Crippen LogP contribution in [0.5, 0.6) is 0 Å². The topological polar surface area (TPSA) is 285 Å². The van der Waals surface area contributed by atoms with Crippen LogP contribution in [0.3, 0.4) is 0 Å². The minimum absolute atomic E-state index is 0. The van der Waals surface area contributed by atoms with Crippen molar-refractivity contribution in [2.45, 2.75) is 27.1 Å². The summed E-state index contributed by atoms with van der Waals surface area (Å²) in [6, 6.07) is 29.7. The minimum atomic E-state index is -1.33. The Hall–Kier alpha value is -10.6. The number of benzene rings is 5. The number of aromatic amines is 4. The van der Waals surface area contributed by atoms with Gasteiger partial charge in [0.2, 0.25) is 0 Å². The Bertz CT molecular complexity index is 4510. The minimum Gasteiger partial charge on any atom is -0.477 e. The van der Waals surface area contributed by atoms with E-state index in [2.05, 4.69) is 66.3 Å². The van der Waals surface area contributed by atoms with Gasteiger partial charge in [0.05, 0.1) is 41.7 Å². The molecule has 462 valence electrons. The average Bonchev–Trinajstić information content (AvgIpc) is 2.02. The molecular formula is C63H57F6IN10O9. The lowest BCUT2D eigenvalue weighted by molar-refractivity contribution is 0.0693. The lowest BCUT2D eigenvalue weighted by Gasteiger charge is -2.09. The maximum atomic E-state index is 13.4. The third-order valence-corrected chi connectivity index (χ3v) is 12.7. The van der Waals surface area contributed by atoms with Gasteiger partial charge in [-0.2, -0.15) is 0 Å². The van der Waals surface area contributed by atoms with Crippen LogP contribution in [0.15, 0.2) is 201 Å². The van der Waals surface area contributed by atoms with Crippen molar-refractivity contribution in [3.63, 3.8) is 0 Å². The van der Waals surface area contributed by atoms with Gasteiger partial charge >= 0.3 is 17.3 Å². The molecule has 2 amide bonds. The number of nitrogens with zero attached hydrogens (tertiary/aromatic N) is 3. The van der Waals surface area contributed by atoms with E-state index in [4.69, 9.17) is 10.8 Å². The Morgan fingerprint density at radius 2 is 0.888 bits per heavy atom. The summed E-state index contributed by atoms with van der Waals surface area (Å²) >= 11 is 2.20. The number of carbonyl (C=O) groups excluding carboxylic acids is 2. The summed E-state index contributed by atoms with van der Waals surface area (Å²) in [7, 11) is 0. The van der Waals surface area contributed by atoms with Gasteiger partial charge in [0.25, 0.3) is 28.5 Å². The van der Waals surface area contributed by atoms with Crippen LogP contribution in [0.4, 0.5) is 26.3 Å². The van der Waals surface area contributed by atoms with Crippen LogP contribution in [0.2, 0.25) is 0 Å². The van der Waals surface area contributed by atoms with Gasteiger partial charge in [0, 0.05) is 41.8 Å². The quantitative estimate of drug-likeness (QED) is 0.0274. The fourth-order valence-corrected chi connectivity index (χ4v) is 8.35. The number of aromatic carboxylic acids is 1. The first-order valence-corrected chi connectivity index (χ1v) is 27.0. The number of fused-ring (bicyclic) bond motifs is 2. The number of carbonyl (C=O) groups is 3. The molecule has 10 rings (SSSR count). The van der Waals surface area contributed by atoms with Gasteiger partial charge < -0.3 is 55.1 Å². The maximum Gasteiger partial charge on any atom is 0.341 e. The molecule has 0 aliphatic heterocycles. The summed E-state index contributed by atoms with van der Waals surface area (Å²) in [5.41, 5.74) is 7.38. The van der Waals surface area contributed by atoms with Crippen molar-refractivity contribution in [2.24, 2.45) is 5.73 Å². The van der Waals surface area contributed by atoms with Gasteiger partial charge in [0.1, 0.15) is 16.7 Å². The molecule has 0 unspecified atom stereocenters. The smallest absolute Gasteiger partial charge is 0.341 e. The van der Waals surface area contributed by atoms with E-state index >= 15 is 0 Å². The van der Waals surface area contributed by atoms with Gasteiger partial charge in [-0.15, -0.1) is 13.2 Å². The SMILES string of the molecule is C.C=CCN.C=CCNC(=O)c1cccn(Cc2ccc(F)c(F)c2)c1=O.O=C(NC/C=C/c1ccc2[nH]c(=O)[nH]c2c1)c1cccn(Cc2ccc(F)c(F)c2)c1=O.O=C(O)c1cccn(Cc2ccc(F)c(F)c2)c1=O.O=c1[nH]c2ccc(I)cc2[nH]1. The highest BCUT2D eigenvalue weighted by Crippen LogP contribution is 2.15. The first kappa shape index (κ1) is 69.2. The van der Waals surface area contributed by atoms with Crippen molar-refractivity contribution in [2.75, 3.05) is 19.6 Å². The third kappa shape index (κ3) is 20.0. The Labute approximate surface area is 515 Å². The number of H-pyrrole nitrogens is 4. The zero-order valence-electron chi connectivity index (χ0n) is 46.1. The van der Waals surface area contributed by atoms with E-state index < -0.39 is 69.4 Å². The van der Waals surface area contributed by atoms with E-state index in [1.807, 2.05) is 24.3 Å². The number of amides is 2. The lowest BCUT2D eigenvalue weighted by atomic mass is 10.2. The molecule has 0 atom stereocenters. The van der Waals surface area contributed by atoms with E-state index in [-0.39, 0.29) is 68.2 Å². The zero-order valence-corrected chi connectivity index (χ0v) is 48.3. The van der Waals surface area contributed by atoms with Crippen molar-refractivity contribution in [3.8, 4) is 0 Å². The highest BCUT2D eigenvalue weighted by molar-refractivity contribution is 14.1. The summed E-state index contributed by atoms with van der Waals surface area (Å²) in [5.74, 6) is -8.28. The van der Waals surface area contributed by atoms with Crippen LogP contribution in [0.1, 0.15) is 60.8 Å². The summed E-state index contributed by atoms with van der Waals surface area (Å²) in [6.45, 7) is 7.85. The Morgan fingerprint density at radius 1 is 0.506 bits per heavy atom. The Balaban J connectivity index is 0.000000222. The first-order valence-electron chi connectivity index (χ1n) is 26.0. The van der Waals surface area contributed by atoms with Crippen molar-refractivity contribution in [3.05, 3.63) is 307 Å². The predicted molar refractivity (Wildman–Crippen MR) is 336 cm³/mol. The van der Waals surface area contributed by atoms with E-state index in [1.54, 1.807) is 42.5 Å². The fourth-order valence-electron chi connectivity index (χ4n) is 7.86. The fraction of sp³-hybridized carbons (Fsp3) is 0.111. The van der Waals surface area contributed by atoms with Gasteiger partial charge in [-0.05, 0) is 148 Å². The number of carboxylic acid groups (broad SMARTS) is 1. The predicted octanol–water partition coefficient (Wildman–Crippen LogP) is 8.98. The normalized spacial score (nSPS) is 10.4. The third-order valence-electron chi connectivity index (χ3n) is 12.1. The molecule has 5 aromatic carbocycles. The molecule has 89 heavy (non-hydrogen) atoms. The molecule has 0 saturated heterocycles. The molecule has 0 aliphatic carbocycles. The second-order valence-electron chi connectivity index (χ2n) is 18.4. The highest BCUT2D eigenvalue weighted by Gasteiger charge is 2.15. The largest absolute Gasteiger partial charge is 0.477 e. The van der Waals surface area contributed by atoms with Crippen molar-refractivity contribution in [1.29, 1.82) is 0 Å². The Kier molecular flexibility index (Phi) is 25.9. The van der Waals surface area contributed by atoms with E-state index in [0.29, 0.717) is 34.3 Å². The van der Waals surface area contributed by atoms with Crippen molar-refractivity contribution < 1.29 is 45.8 Å². The second kappa shape index (κ2) is 33.3. The molecule has 9 N–H and O–H groups in total. The number of nitrogens with one attached hydrogen (secondary N) is 6. The van der Waals surface area contributed by atoms with Crippen LogP contribution in [-0.4, -0.2) is 76.2 Å². The number of imidazole rings is 2. The number of halogens is 7. The van der Waals surface area contributed by atoms with E-state index in [9.17, 15) is 64.7 Å². The monoisotopic (exact) mass is 1340 g/mol. The van der Waals surface area contributed by atoms with Gasteiger partial charge in [0.15, 0.2) is 34.9 Å². The van der Waals surface area contributed by atoms with Gasteiger partial charge in [-0.1, -0.05) is 56.0 Å². The van der Waals surface area contributed by atoms with Gasteiger partial charge in [-0.3, -0.25) is 24.0 Å². The van der Waals surface area contributed by atoms with Crippen LogP contribution >= 0.6 is 22.6 Å². The summed E-state index contributed by atoms with van der Waals surface area (Å²) in [4.78, 5) is 105. The number of aromatic nitrogens is 7. The van der Waals surface area contributed by atoms with Gasteiger partial charge in [-0.25, -0.2) is 40.7 Å². The molecule has 0 aliphatic rings. The molecule has 0 fully saturated rings. The summed E-state index contributed by atoms with van der Waals surface area (Å²) < 4.78 is 83.2. The van der Waals surface area contributed by atoms with Crippen LogP contribution in [-0.2, 0) is 19.6 Å². The Morgan fingerprint density at radius 3 is 1.29 bits per heavy atom. The molecule has 5 aromatic heterocycles. The van der Waals surface area contributed by atoms with Crippen molar-refractivity contribution >= 4 is 68.5 Å². The molecule has 19 nitrogen and oxygen atoms in total. The maximum absolute atomic E-state index is 13.4. The molecule has 0 saturated carbocycles. The lowest BCUT2D eigenvalue weighted by Crippen LogP contribution is -2.33. The molecule has 0 radical (unpaired) electrons.